The van der Waals surface area contributed by atoms with Crippen LogP contribution in [0.1, 0.15) is 44.5 Å². The molecule has 1 aromatic carbocycles. The molecule has 2 N–H and O–H groups in total. The number of nitrogens with zero attached hydrogens (tertiary/aromatic N) is 1. The summed E-state index contributed by atoms with van der Waals surface area (Å²) >= 11 is 0. The van der Waals surface area contributed by atoms with Gasteiger partial charge in [-0.05, 0) is 49.9 Å². The molecular formula is C21H27N3O2. The van der Waals surface area contributed by atoms with Crippen LogP contribution in [0.2, 0.25) is 0 Å². The van der Waals surface area contributed by atoms with Gasteiger partial charge >= 0.3 is 0 Å². The monoisotopic (exact) mass is 353 g/mol. The molecule has 0 aliphatic carbocycles. The van der Waals surface area contributed by atoms with Crippen LogP contribution in [0.15, 0.2) is 42.6 Å². The van der Waals surface area contributed by atoms with E-state index < -0.39 is 5.41 Å². The second-order valence-corrected chi connectivity index (χ2v) is 6.74. The Hall–Kier alpha value is -2.69. The summed E-state index contributed by atoms with van der Waals surface area (Å²) in [5, 5.41) is 5.79. The SMILES string of the molecule is CCc1cccc(CC)c1NC(=O)C(C)(C)C(=O)NCc1ccccn1. The molecule has 5 nitrogen and oxygen atoms in total. The maximum absolute atomic E-state index is 12.8. The van der Waals surface area contributed by atoms with E-state index in [2.05, 4.69) is 29.5 Å². The van der Waals surface area contributed by atoms with Crippen molar-refractivity contribution >= 4 is 17.5 Å². The van der Waals surface area contributed by atoms with Gasteiger partial charge in [-0.1, -0.05) is 38.1 Å². The summed E-state index contributed by atoms with van der Waals surface area (Å²) in [5.41, 5.74) is 2.53. The highest BCUT2D eigenvalue weighted by Gasteiger charge is 2.36. The Morgan fingerprint density at radius 2 is 1.62 bits per heavy atom. The largest absolute Gasteiger partial charge is 0.350 e. The average molecular weight is 353 g/mol. The van der Waals surface area contributed by atoms with Crippen LogP contribution in [-0.4, -0.2) is 16.8 Å². The Kier molecular flexibility index (Phi) is 6.50. The number of rotatable bonds is 7. The lowest BCUT2D eigenvalue weighted by Crippen LogP contribution is -2.45. The molecule has 0 fully saturated rings. The molecule has 2 aromatic rings. The number of aryl methyl sites for hydroxylation is 2. The van der Waals surface area contributed by atoms with Crippen molar-refractivity contribution in [1.29, 1.82) is 0 Å². The van der Waals surface area contributed by atoms with Crippen LogP contribution in [0.5, 0.6) is 0 Å². The van der Waals surface area contributed by atoms with Crippen molar-refractivity contribution in [2.75, 3.05) is 5.32 Å². The van der Waals surface area contributed by atoms with Crippen molar-refractivity contribution in [3.05, 3.63) is 59.4 Å². The summed E-state index contributed by atoms with van der Waals surface area (Å²) in [6.45, 7) is 7.67. The molecule has 0 spiro atoms. The summed E-state index contributed by atoms with van der Waals surface area (Å²) in [7, 11) is 0. The maximum Gasteiger partial charge on any atom is 0.239 e. The van der Waals surface area contributed by atoms with E-state index in [0.29, 0.717) is 6.54 Å². The zero-order valence-electron chi connectivity index (χ0n) is 15.9. The van der Waals surface area contributed by atoms with Crippen LogP contribution in [0.25, 0.3) is 0 Å². The fraction of sp³-hybridized carbons (Fsp3) is 0.381. The molecule has 5 heteroatoms. The lowest BCUT2D eigenvalue weighted by atomic mass is 9.90. The van der Waals surface area contributed by atoms with Crippen molar-refractivity contribution < 1.29 is 9.59 Å². The van der Waals surface area contributed by atoms with Crippen LogP contribution in [0.3, 0.4) is 0 Å². The summed E-state index contributed by atoms with van der Waals surface area (Å²) < 4.78 is 0. The molecule has 1 aromatic heterocycles. The van der Waals surface area contributed by atoms with Crippen LogP contribution in [0, 0.1) is 5.41 Å². The molecule has 2 rings (SSSR count). The van der Waals surface area contributed by atoms with Gasteiger partial charge in [0.05, 0.1) is 12.2 Å². The van der Waals surface area contributed by atoms with E-state index in [0.717, 1.165) is 35.3 Å². The van der Waals surface area contributed by atoms with Gasteiger partial charge in [0, 0.05) is 11.9 Å². The molecular weight excluding hydrogens is 326 g/mol. The zero-order chi connectivity index (χ0) is 19.2. The first-order valence-corrected chi connectivity index (χ1v) is 9.00. The second kappa shape index (κ2) is 8.61. The van der Waals surface area contributed by atoms with E-state index in [1.807, 2.05) is 36.4 Å². The quantitative estimate of drug-likeness (QED) is 0.749. The summed E-state index contributed by atoms with van der Waals surface area (Å²) in [4.78, 5) is 29.6. The number of hydrogen-bond donors (Lipinski definition) is 2. The van der Waals surface area contributed by atoms with Gasteiger partial charge in [-0.2, -0.15) is 0 Å². The van der Waals surface area contributed by atoms with Crippen molar-refractivity contribution in [2.45, 2.75) is 47.1 Å². The minimum absolute atomic E-state index is 0.294. The molecule has 2 amide bonds. The van der Waals surface area contributed by atoms with Crippen molar-refractivity contribution in [3.8, 4) is 0 Å². The Bertz CT molecular complexity index is 748. The van der Waals surface area contributed by atoms with Gasteiger partial charge < -0.3 is 10.6 Å². The highest BCUT2D eigenvalue weighted by Crippen LogP contribution is 2.26. The Morgan fingerprint density at radius 3 is 2.15 bits per heavy atom. The van der Waals surface area contributed by atoms with E-state index in [1.165, 1.54) is 0 Å². The lowest BCUT2D eigenvalue weighted by Gasteiger charge is -2.24. The summed E-state index contributed by atoms with van der Waals surface area (Å²) in [6.07, 6.45) is 3.30. The van der Waals surface area contributed by atoms with Gasteiger partial charge in [0.25, 0.3) is 0 Å². The molecule has 26 heavy (non-hydrogen) atoms. The number of hydrogen-bond acceptors (Lipinski definition) is 3. The Labute approximate surface area is 155 Å². The minimum Gasteiger partial charge on any atom is -0.350 e. The molecule has 0 unspecified atom stereocenters. The number of pyridine rings is 1. The minimum atomic E-state index is -1.19. The fourth-order valence-electron chi connectivity index (χ4n) is 2.67. The van der Waals surface area contributed by atoms with Gasteiger partial charge in [0.2, 0.25) is 11.8 Å². The smallest absolute Gasteiger partial charge is 0.239 e. The number of benzene rings is 1. The lowest BCUT2D eigenvalue weighted by molar-refractivity contribution is -0.138. The number of carbonyl (C=O) groups is 2. The van der Waals surface area contributed by atoms with Crippen molar-refractivity contribution in [3.63, 3.8) is 0 Å². The standard InChI is InChI=1S/C21H27N3O2/c1-5-15-10-9-11-16(6-2)18(15)24-20(26)21(3,4)19(25)23-14-17-12-7-8-13-22-17/h7-13H,5-6,14H2,1-4H3,(H,23,25)(H,24,26). The number of nitrogens with one attached hydrogen (secondary N) is 2. The van der Waals surface area contributed by atoms with Gasteiger partial charge in [0.1, 0.15) is 5.41 Å². The van der Waals surface area contributed by atoms with E-state index in [9.17, 15) is 9.59 Å². The van der Waals surface area contributed by atoms with Crippen LogP contribution >= 0.6 is 0 Å². The first kappa shape index (κ1) is 19.6. The first-order chi connectivity index (χ1) is 12.4. The second-order valence-electron chi connectivity index (χ2n) is 6.74. The fourth-order valence-corrected chi connectivity index (χ4v) is 2.67. The molecule has 0 bridgehead atoms. The summed E-state index contributed by atoms with van der Waals surface area (Å²) in [6, 6.07) is 11.5. The van der Waals surface area contributed by atoms with Crippen molar-refractivity contribution in [1.82, 2.24) is 10.3 Å². The van der Waals surface area contributed by atoms with Gasteiger partial charge in [-0.15, -0.1) is 0 Å². The third-order valence-corrected chi connectivity index (χ3v) is 4.53. The Morgan fingerprint density at radius 1 is 0.962 bits per heavy atom. The van der Waals surface area contributed by atoms with Gasteiger partial charge in [-0.3, -0.25) is 14.6 Å². The maximum atomic E-state index is 12.8. The third-order valence-electron chi connectivity index (χ3n) is 4.53. The predicted octanol–water partition coefficient (Wildman–Crippen LogP) is 3.49. The highest BCUT2D eigenvalue weighted by molar-refractivity contribution is 6.10. The topological polar surface area (TPSA) is 71.1 Å². The van der Waals surface area contributed by atoms with Crippen LogP contribution < -0.4 is 10.6 Å². The first-order valence-electron chi connectivity index (χ1n) is 9.00. The highest BCUT2D eigenvalue weighted by atomic mass is 16.2. The molecule has 0 atom stereocenters. The predicted molar refractivity (Wildman–Crippen MR) is 104 cm³/mol. The number of aromatic nitrogens is 1. The average Bonchev–Trinajstić information content (AvgIpc) is 2.66. The number of amides is 2. The number of carbonyl (C=O) groups excluding carboxylic acids is 2. The molecule has 138 valence electrons. The van der Waals surface area contributed by atoms with Gasteiger partial charge in [-0.25, -0.2) is 0 Å². The molecule has 0 aliphatic heterocycles. The molecule has 0 saturated carbocycles. The molecule has 0 radical (unpaired) electrons. The zero-order valence-corrected chi connectivity index (χ0v) is 15.9. The Balaban J connectivity index is 2.11. The number of para-hydroxylation sites is 1. The number of anilines is 1. The van der Waals surface area contributed by atoms with E-state index >= 15 is 0 Å². The van der Waals surface area contributed by atoms with Crippen LogP contribution in [-0.2, 0) is 29.0 Å². The van der Waals surface area contributed by atoms with E-state index in [4.69, 9.17) is 0 Å². The third kappa shape index (κ3) is 4.48. The molecule has 0 aliphatic rings. The van der Waals surface area contributed by atoms with Crippen LogP contribution in [0.4, 0.5) is 5.69 Å². The normalized spacial score (nSPS) is 11.1. The van der Waals surface area contributed by atoms with Crippen molar-refractivity contribution in [2.24, 2.45) is 5.41 Å². The molecule has 0 saturated heterocycles. The van der Waals surface area contributed by atoms with E-state index in [-0.39, 0.29) is 11.8 Å². The molecule has 1 heterocycles. The summed E-state index contributed by atoms with van der Waals surface area (Å²) in [5.74, 6) is -0.640. The van der Waals surface area contributed by atoms with E-state index in [1.54, 1.807) is 20.0 Å². The van der Waals surface area contributed by atoms with Gasteiger partial charge in [0.15, 0.2) is 0 Å².